The number of aliphatic hydroxyl groups is 1. The molecule has 1 atom stereocenters. The summed E-state index contributed by atoms with van der Waals surface area (Å²) in [6.07, 6.45) is 0. The minimum Gasteiger partial charge on any atom is -0.503 e. The lowest BCUT2D eigenvalue weighted by Crippen LogP contribution is -2.31. The number of amides is 1. The molecule has 1 amide bonds. The quantitative estimate of drug-likeness (QED) is 0.827. The van der Waals surface area contributed by atoms with Gasteiger partial charge in [-0.15, -0.1) is 0 Å². The van der Waals surface area contributed by atoms with Crippen LogP contribution in [0, 0.1) is 11.3 Å². The molecule has 1 heterocycles. The van der Waals surface area contributed by atoms with Gasteiger partial charge in [-0.05, 0) is 19.1 Å². The highest BCUT2D eigenvalue weighted by atomic mass is 16.5. The van der Waals surface area contributed by atoms with Crippen LogP contribution in [0.15, 0.2) is 29.5 Å². The van der Waals surface area contributed by atoms with Crippen molar-refractivity contribution in [2.24, 2.45) is 0 Å². The monoisotopic (exact) mass is 316 g/mol. The summed E-state index contributed by atoms with van der Waals surface area (Å²) in [7, 11) is 2.95. The van der Waals surface area contributed by atoms with Crippen LogP contribution < -0.4 is 9.47 Å². The predicted molar refractivity (Wildman–Crippen MR) is 79.9 cm³/mol. The van der Waals surface area contributed by atoms with E-state index in [1.54, 1.807) is 18.2 Å². The van der Waals surface area contributed by atoms with Crippen molar-refractivity contribution >= 4 is 11.7 Å². The lowest BCUT2D eigenvalue weighted by molar-refractivity contribution is -0.128. The number of carbonyl (C=O) groups is 2. The number of nitrogens with zero attached hydrogens (tertiary/aromatic N) is 2. The molecular weight excluding hydrogens is 300 g/mol. The Labute approximate surface area is 133 Å². The number of Topliss-reactive ketones (excluding diaryl/α,β-unsaturated/α-hetero) is 1. The van der Waals surface area contributed by atoms with E-state index in [1.807, 2.05) is 6.07 Å². The van der Waals surface area contributed by atoms with Gasteiger partial charge in [-0.1, -0.05) is 0 Å². The Morgan fingerprint density at radius 3 is 2.61 bits per heavy atom. The lowest BCUT2D eigenvalue weighted by atomic mass is 9.95. The number of aliphatic hydroxyl groups excluding tert-OH is 1. The first-order valence-corrected chi connectivity index (χ1v) is 6.80. The molecule has 0 unspecified atom stereocenters. The van der Waals surface area contributed by atoms with Gasteiger partial charge >= 0.3 is 0 Å². The van der Waals surface area contributed by atoms with Crippen LogP contribution in [-0.2, 0) is 9.59 Å². The number of ketones is 1. The highest BCUT2D eigenvalue weighted by molar-refractivity contribution is 6.08. The molecule has 1 aromatic rings. The standard InChI is InChI=1S/C16H16N2O5/c1-9(19)13-14(18(7-6-17)16(21)15(13)20)11-5-4-10(22-2)8-12(11)23-3/h4-5,8,14,20H,7H2,1-3H3/t14-/m0/s1. The van der Waals surface area contributed by atoms with Crippen molar-refractivity contribution in [1.29, 1.82) is 5.26 Å². The SMILES string of the molecule is COc1ccc([C@H]2C(C(C)=O)=C(O)C(=O)N2CC#N)c(OC)c1. The zero-order valence-electron chi connectivity index (χ0n) is 13.0. The van der Waals surface area contributed by atoms with Crippen molar-refractivity contribution in [1.82, 2.24) is 4.90 Å². The van der Waals surface area contributed by atoms with E-state index in [1.165, 1.54) is 21.1 Å². The number of benzene rings is 1. The molecule has 7 heteroatoms. The third-order valence-electron chi connectivity index (χ3n) is 3.66. The summed E-state index contributed by atoms with van der Waals surface area (Å²) in [5, 5.41) is 19.0. The molecule has 0 bridgehead atoms. The van der Waals surface area contributed by atoms with Gasteiger partial charge in [-0.2, -0.15) is 5.26 Å². The Balaban J connectivity index is 2.64. The molecule has 1 aromatic carbocycles. The van der Waals surface area contributed by atoms with E-state index in [-0.39, 0.29) is 12.1 Å². The van der Waals surface area contributed by atoms with Crippen LogP contribution >= 0.6 is 0 Å². The molecule has 0 fully saturated rings. The molecule has 1 aliphatic heterocycles. The maximum atomic E-state index is 12.2. The molecule has 0 aromatic heterocycles. The van der Waals surface area contributed by atoms with E-state index in [2.05, 4.69) is 0 Å². The summed E-state index contributed by atoms with van der Waals surface area (Å²) >= 11 is 0. The number of methoxy groups -OCH3 is 2. The highest BCUT2D eigenvalue weighted by Crippen LogP contribution is 2.42. The number of nitriles is 1. The minimum absolute atomic E-state index is 0.0475. The normalized spacial score (nSPS) is 17.2. The summed E-state index contributed by atoms with van der Waals surface area (Å²) in [4.78, 5) is 25.2. The Hall–Kier alpha value is -3.01. The third kappa shape index (κ3) is 2.71. The lowest BCUT2D eigenvalue weighted by Gasteiger charge is -2.25. The van der Waals surface area contributed by atoms with Gasteiger partial charge in [0.25, 0.3) is 5.91 Å². The van der Waals surface area contributed by atoms with Crippen LogP contribution in [0.5, 0.6) is 11.5 Å². The van der Waals surface area contributed by atoms with E-state index in [4.69, 9.17) is 14.7 Å². The van der Waals surface area contributed by atoms with Crippen molar-refractivity contribution in [3.63, 3.8) is 0 Å². The first-order chi connectivity index (χ1) is 11.0. The Morgan fingerprint density at radius 2 is 2.09 bits per heavy atom. The van der Waals surface area contributed by atoms with Crippen molar-refractivity contribution < 1.29 is 24.2 Å². The second-order valence-corrected chi connectivity index (χ2v) is 4.92. The molecule has 1 N–H and O–H groups in total. The summed E-state index contributed by atoms with van der Waals surface area (Å²) in [6, 6.07) is 5.90. The molecule has 0 saturated carbocycles. The average Bonchev–Trinajstić information content (AvgIpc) is 2.79. The predicted octanol–water partition coefficient (Wildman–Crippen LogP) is 1.51. The van der Waals surface area contributed by atoms with E-state index in [0.717, 1.165) is 4.90 Å². The fourth-order valence-electron chi connectivity index (χ4n) is 2.62. The molecule has 23 heavy (non-hydrogen) atoms. The van der Waals surface area contributed by atoms with E-state index in [0.29, 0.717) is 17.1 Å². The van der Waals surface area contributed by atoms with Gasteiger partial charge < -0.3 is 19.5 Å². The molecule has 0 saturated heterocycles. The highest BCUT2D eigenvalue weighted by Gasteiger charge is 2.43. The van der Waals surface area contributed by atoms with E-state index >= 15 is 0 Å². The molecule has 7 nitrogen and oxygen atoms in total. The van der Waals surface area contributed by atoms with Gasteiger partial charge in [0.05, 0.1) is 31.9 Å². The number of carbonyl (C=O) groups excluding carboxylic acids is 2. The number of ether oxygens (including phenoxy) is 2. The number of hydrogen-bond donors (Lipinski definition) is 1. The largest absolute Gasteiger partial charge is 0.503 e. The molecule has 2 rings (SSSR count). The Kier molecular flexibility index (Phi) is 4.55. The third-order valence-corrected chi connectivity index (χ3v) is 3.66. The van der Waals surface area contributed by atoms with Gasteiger partial charge in [-0.25, -0.2) is 0 Å². The van der Waals surface area contributed by atoms with Crippen LogP contribution in [0.25, 0.3) is 0 Å². The average molecular weight is 316 g/mol. The topological polar surface area (TPSA) is 99.9 Å². The van der Waals surface area contributed by atoms with Gasteiger partial charge in [0.15, 0.2) is 11.5 Å². The number of hydrogen-bond acceptors (Lipinski definition) is 6. The van der Waals surface area contributed by atoms with Crippen LogP contribution in [0.2, 0.25) is 0 Å². The number of rotatable bonds is 5. The van der Waals surface area contributed by atoms with Gasteiger partial charge in [0.2, 0.25) is 0 Å². The van der Waals surface area contributed by atoms with Gasteiger partial charge in [0.1, 0.15) is 18.0 Å². The van der Waals surface area contributed by atoms with Crippen molar-refractivity contribution in [2.75, 3.05) is 20.8 Å². The van der Waals surface area contributed by atoms with Crippen molar-refractivity contribution in [3.05, 3.63) is 35.1 Å². The van der Waals surface area contributed by atoms with Crippen molar-refractivity contribution in [3.8, 4) is 17.6 Å². The van der Waals surface area contributed by atoms with Gasteiger partial charge in [0, 0.05) is 11.6 Å². The molecular formula is C16H16N2O5. The fourth-order valence-corrected chi connectivity index (χ4v) is 2.62. The maximum Gasteiger partial charge on any atom is 0.290 e. The summed E-state index contributed by atoms with van der Waals surface area (Å²) in [5.41, 5.74) is 0.444. The summed E-state index contributed by atoms with van der Waals surface area (Å²) < 4.78 is 10.4. The zero-order valence-corrected chi connectivity index (χ0v) is 13.0. The van der Waals surface area contributed by atoms with Crippen molar-refractivity contribution in [2.45, 2.75) is 13.0 Å². The first kappa shape index (κ1) is 16.4. The van der Waals surface area contributed by atoms with E-state index < -0.39 is 23.5 Å². The smallest absolute Gasteiger partial charge is 0.290 e. The second kappa shape index (κ2) is 6.40. The summed E-state index contributed by atoms with van der Waals surface area (Å²) in [5.74, 6) is -0.896. The first-order valence-electron chi connectivity index (χ1n) is 6.80. The molecule has 0 spiro atoms. The Morgan fingerprint density at radius 1 is 1.39 bits per heavy atom. The molecule has 120 valence electrons. The fraction of sp³-hybridized carbons (Fsp3) is 0.312. The second-order valence-electron chi connectivity index (χ2n) is 4.92. The van der Waals surface area contributed by atoms with E-state index in [9.17, 15) is 14.7 Å². The van der Waals surface area contributed by atoms with Crippen LogP contribution in [-0.4, -0.2) is 42.5 Å². The van der Waals surface area contributed by atoms with Gasteiger partial charge in [-0.3, -0.25) is 9.59 Å². The maximum absolute atomic E-state index is 12.2. The van der Waals surface area contributed by atoms with Crippen LogP contribution in [0.3, 0.4) is 0 Å². The van der Waals surface area contributed by atoms with Crippen LogP contribution in [0.1, 0.15) is 18.5 Å². The zero-order chi connectivity index (χ0) is 17.1. The summed E-state index contributed by atoms with van der Waals surface area (Å²) in [6.45, 7) is 0.997. The minimum atomic E-state index is -0.875. The molecule has 1 aliphatic rings. The Bertz CT molecular complexity index is 732. The van der Waals surface area contributed by atoms with Crippen LogP contribution in [0.4, 0.5) is 0 Å². The molecule has 0 radical (unpaired) electrons. The molecule has 0 aliphatic carbocycles.